The van der Waals surface area contributed by atoms with Crippen LogP contribution in [-0.2, 0) is 6.54 Å². The summed E-state index contributed by atoms with van der Waals surface area (Å²) in [5.74, 6) is 1.55. The standard InChI is InChI=1S/C14H18N4O2/c1-2-5-15-10(3-1)4-6-18-12-8-14-13(19-9-20-14)7-11(12)16-17-18/h7-8,10,15H,1-6,9H2. The van der Waals surface area contributed by atoms with Crippen molar-refractivity contribution in [2.75, 3.05) is 13.3 Å². The van der Waals surface area contributed by atoms with Crippen LogP contribution in [-0.4, -0.2) is 34.4 Å². The van der Waals surface area contributed by atoms with Crippen molar-refractivity contribution in [3.63, 3.8) is 0 Å². The van der Waals surface area contributed by atoms with E-state index < -0.39 is 0 Å². The molecule has 3 heterocycles. The third kappa shape index (κ3) is 2.10. The van der Waals surface area contributed by atoms with Gasteiger partial charge in [0.05, 0.1) is 5.52 Å². The van der Waals surface area contributed by atoms with Gasteiger partial charge in [-0.15, -0.1) is 5.10 Å². The lowest BCUT2D eigenvalue weighted by Crippen LogP contribution is -2.34. The number of hydrogen-bond acceptors (Lipinski definition) is 5. The molecule has 106 valence electrons. The van der Waals surface area contributed by atoms with Crippen LogP contribution in [0.1, 0.15) is 25.7 Å². The smallest absolute Gasteiger partial charge is 0.231 e. The number of fused-ring (bicyclic) bond motifs is 2. The molecule has 0 aliphatic carbocycles. The Labute approximate surface area is 117 Å². The second kappa shape index (κ2) is 4.94. The zero-order valence-electron chi connectivity index (χ0n) is 11.3. The zero-order chi connectivity index (χ0) is 13.4. The van der Waals surface area contributed by atoms with E-state index in [2.05, 4.69) is 15.6 Å². The molecule has 2 aliphatic rings. The fourth-order valence-electron chi connectivity index (χ4n) is 2.97. The van der Waals surface area contributed by atoms with E-state index in [-0.39, 0.29) is 0 Å². The Kier molecular flexibility index (Phi) is 2.95. The molecule has 2 aromatic rings. The monoisotopic (exact) mass is 274 g/mol. The van der Waals surface area contributed by atoms with Crippen molar-refractivity contribution in [3.8, 4) is 11.5 Å². The van der Waals surface area contributed by atoms with Crippen LogP contribution < -0.4 is 14.8 Å². The van der Waals surface area contributed by atoms with Gasteiger partial charge in [0.2, 0.25) is 6.79 Å². The molecule has 1 saturated heterocycles. The van der Waals surface area contributed by atoms with Crippen molar-refractivity contribution in [1.82, 2.24) is 20.3 Å². The van der Waals surface area contributed by atoms with Gasteiger partial charge in [-0.1, -0.05) is 11.6 Å². The first-order valence-electron chi connectivity index (χ1n) is 7.26. The van der Waals surface area contributed by atoms with E-state index in [1.165, 1.54) is 19.3 Å². The van der Waals surface area contributed by atoms with Gasteiger partial charge in [-0.3, -0.25) is 0 Å². The van der Waals surface area contributed by atoms with E-state index in [0.29, 0.717) is 12.8 Å². The average Bonchev–Trinajstić information content (AvgIpc) is 3.10. The summed E-state index contributed by atoms with van der Waals surface area (Å²) in [4.78, 5) is 0. The number of aromatic nitrogens is 3. The molecule has 20 heavy (non-hydrogen) atoms. The van der Waals surface area contributed by atoms with Crippen molar-refractivity contribution < 1.29 is 9.47 Å². The minimum atomic E-state index is 0.293. The molecule has 1 unspecified atom stereocenters. The van der Waals surface area contributed by atoms with E-state index in [1.807, 2.05) is 16.8 Å². The highest BCUT2D eigenvalue weighted by Gasteiger charge is 2.18. The van der Waals surface area contributed by atoms with Crippen molar-refractivity contribution in [2.45, 2.75) is 38.3 Å². The predicted octanol–water partition coefficient (Wildman–Crippen LogP) is 1.69. The third-order valence-corrected chi connectivity index (χ3v) is 4.11. The quantitative estimate of drug-likeness (QED) is 0.923. The molecule has 6 heteroatoms. The van der Waals surface area contributed by atoms with Gasteiger partial charge in [0.25, 0.3) is 0 Å². The van der Waals surface area contributed by atoms with Crippen molar-refractivity contribution in [1.29, 1.82) is 0 Å². The van der Waals surface area contributed by atoms with Gasteiger partial charge < -0.3 is 14.8 Å². The molecule has 1 fully saturated rings. The van der Waals surface area contributed by atoms with Crippen molar-refractivity contribution in [2.24, 2.45) is 0 Å². The molecule has 4 rings (SSSR count). The van der Waals surface area contributed by atoms with Crippen molar-refractivity contribution in [3.05, 3.63) is 12.1 Å². The maximum atomic E-state index is 5.42. The van der Waals surface area contributed by atoms with Crippen LogP contribution in [0.5, 0.6) is 11.5 Å². The minimum Gasteiger partial charge on any atom is -0.454 e. The van der Waals surface area contributed by atoms with Gasteiger partial charge in [-0.2, -0.15) is 0 Å². The Balaban J connectivity index is 1.54. The Bertz CT molecular complexity index is 619. The SMILES string of the molecule is c1c2c(cc3c1nnn3CCC1CCCCN1)OCO2. The number of nitrogens with one attached hydrogen (secondary N) is 1. The van der Waals surface area contributed by atoms with Crippen LogP contribution in [0, 0.1) is 0 Å². The van der Waals surface area contributed by atoms with Crippen LogP contribution >= 0.6 is 0 Å². The number of benzene rings is 1. The van der Waals surface area contributed by atoms with Crippen LogP contribution in [0.25, 0.3) is 11.0 Å². The van der Waals surface area contributed by atoms with Crippen LogP contribution in [0.15, 0.2) is 12.1 Å². The predicted molar refractivity (Wildman–Crippen MR) is 73.9 cm³/mol. The molecule has 0 spiro atoms. The molecule has 1 aromatic carbocycles. The second-order valence-electron chi connectivity index (χ2n) is 5.44. The van der Waals surface area contributed by atoms with Gasteiger partial charge in [0, 0.05) is 24.7 Å². The molecule has 1 atom stereocenters. The summed E-state index contributed by atoms with van der Waals surface area (Å²) in [6.45, 7) is 2.32. The summed E-state index contributed by atoms with van der Waals surface area (Å²) < 4.78 is 12.7. The molecule has 1 N–H and O–H groups in total. The van der Waals surface area contributed by atoms with Crippen molar-refractivity contribution >= 4 is 11.0 Å². The summed E-state index contributed by atoms with van der Waals surface area (Å²) in [5.41, 5.74) is 1.89. The first-order valence-corrected chi connectivity index (χ1v) is 7.26. The molecule has 0 radical (unpaired) electrons. The van der Waals surface area contributed by atoms with E-state index in [9.17, 15) is 0 Å². The van der Waals surface area contributed by atoms with E-state index in [4.69, 9.17) is 9.47 Å². The lowest BCUT2D eigenvalue weighted by molar-refractivity contribution is 0.174. The normalized spacial score (nSPS) is 21.5. The molecule has 1 aromatic heterocycles. The highest BCUT2D eigenvalue weighted by molar-refractivity contribution is 5.79. The number of nitrogens with zero attached hydrogens (tertiary/aromatic N) is 3. The number of hydrogen-bond donors (Lipinski definition) is 1. The Morgan fingerprint density at radius 3 is 3.00 bits per heavy atom. The first kappa shape index (κ1) is 12.0. The number of aryl methyl sites for hydroxylation is 1. The molecule has 6 nitrogen and oxygen atoms in total. The lowest BCUT2D eigenvalue weighted by atomic mass is 10.0. The van der Waals surface area contributed by atoms with E-state index in [1.54, 1.807) is 0 Å². The molecule has 0 saturated carbocycles. The fourth-order valence-corrected chi connectivity index (χ4v) is 2.97. The average molecular weight is 274 g/mol. The van der Waals surface area contributed by atoms with Gasteiger partial charge in [-0.25, -0.2) is 4.68 Å². The molecule has 0 amide bonds. The Hall–Kier alpha value is -1.82. The highest BCUT2D eigenvalue weighted by Crippen LogP contribution is 2.35. The second-order valence-corrected chi connectivity index (χ2v) is 5.44. The maximum absolute atomic E-state index is 5.42. The molecule has 2 aliphatic heterocycles. The molecular formula is C14H18N4O2. The van der Waals surface area contributed by atoms with Gasteiger partial charge in [0.1, 0.15) is 5.52 Å². The first-order chi connectivity index (χ1) is 9.90. The number of rotatable bonds is 3. The van der Waals surface area contributed by atoms with E-state index in [0.717, 1.165) is 42.0 Å². The summed E-state index contributed by atoms with van der Waals surface area (Å²) >= 11 is 0. The van der Waals surface area contributed by atoms with Gasteiger partial charge in [-0.05, 0) is 25.8 Å². The van der Waals surface area contributed by atoms with Crippen LogP contribution in [0.3, 0.4) is 0 Å². The maximum Gasteiger partial charge on any atom is 0.231 e. The van der Waals surface area contributed by atoms with Gasteiger partial charge in [0.15, 0.2) is 11.5 Å². The summed E-state index contributed by atoms with van der Waals surface area (Å²) in [6, 6.07) is 4.49. The topological polar surface area (TPSA) is 61.2 Å². The largest absolute Gasteiger partial charge is 0.454 e. The Morgan fingerprint density at radius 2 is 2.15 bits per heavy atom. The zero-order valence-corrected chi connectivity index (χ0v) is 11.3. The van der Waals surface area contributed by atoms with Crippen LogP contribution in [0.2, 0.25) is 0 Å². The summed E-state index contributed by atoms with van der Waals surface area (Å²) in [7, 11) is 0. The molecular weight excluding hydrogens is 256 g/mol. The summed E-state index contributed by atoms with van der Waals surface area (Å²) in [5, 5.41) is 12.0. The van der Waals surface area contributed by atoms with Gasteiger partial charge >= 0.3 is 0 Å². The van der Waals surface area contributed by atoms with E-state index >= 15 is 0 Å². The minimum absolute atomic E-state index is 0.293. The third-order valence-electron chi connectivity index (χ3n) is 4.11. The summed E-state index contributed by atoms with van der Waals surface area (Å²) in [6.07, 6.45) is 4.98. The Morgan fingerprint density at radius 1 is 1.25 bits per heavy atom. The fraction of sp³-hybridized carbons (Fsp3) is 0.571. The molecule has 0 bridgehead atoms. The highest BCUT2D eigenvalue weighted by atomic mass is 16.7. The number of ether oxygens (including phenoxy) is 2. The number of piperidine rings is 1. The lowest BCUT2D eigenvalue weighted by Gasteiger charge is -2.23. The van der Waals surface area contributed by atoms with Crippen LogP contribution in [0.4, 0.5) is 0 Å².